The van der Waals surface area contributed by atoms with E-state index in [1.807, 2.05) is 48.5 Å². The van der Waals surface area contributed by atoms with Gasteiger partial charge in [0.15, 0.2) is 0 Å². The molecule has 160 valence electrons. The van der Waals surface area contributed by atoms with Crippen LogP contribution in [0.1, 0.15) is 24.8 Å². The summed E-state index contributed by atoms with van der Waals surface area (Å²) in [6, 6.07) is 18.7. The first-order valence-corrected chi connectivity index (χ1v) is 10.6. The van der Waals surface area contributed by atoms with Crippen molar-refractivity contribution in [2.75, 3.05) is 38.1 Å². The summed E-state index contributed by atoms with van der Waals surface area (Å²) >= 11 is 0. The van der Waals surface area contributed by atoms with Crippen LogP contribution in [0, 0.1) is 5.92 Å². The summed E-state index contributed by atoms with van der Waals surface area (Å²) in [7, 11) is 2.15. The standard InChI is InChI=1S/C24H31N3O3/c1-26-16-13-20(14-17-26)12-15-25-23(28)18-27(22-10-6-3-7-11-22)24(29)30-19-21-8-4-2-5-9-21/h2-11,20H,12-19H2,1H3,(H,25,28). The third-order valence-electron chi connectivity index (χ3n) is 5.51. The lowest BCUT2D eigenvalue weighted by atomic mass is 9.94. The van der Waals surface area contributed by atoms with Gasteiger partial charge in [-0.15, -0.1) is 0 Å². The van der Waals surface area contributed by atoms with Gasteiger partial charge in [-0.3, -0.25) is 9.69 Å². The Bertz CT molecular complexity index is 790. The maximum absolute atomic E-state index is 12.7. The molecule has 1 aliphatic rings. The fourth-order valence-corrected chi connectivity index (χ4v) is 3.63. The van der Waals surface area contributed by atoms with Gasteiger partial charge in [0.25, 0.3) is 0 Å². The van der Waals surface area contributed by atoms with Gasteiger partial charge in [-0.1, -0.05) is 48.5 Å². The molecule has 6 nitrogen and oxygen atoms in total. The number of hydrogen-bond donors (Lipinski definition) is 1. The van der Waals surface area contributed by atoms with E-state index < -0.39 is 6.09 Å². The van der Waals surface area contributed by atoms with Gasteiger partial charge in [0.1, 0.15) is 13.2 Å². The molecule has 2 aromatic carbocycles. The number of amides is 2. The molecule has 0 spiro atoms. The van der Waals surface area contributed by atoms with Crippen LogP contribution in [0.5, 0.6) is 0 Å². The summed E-state index contributed by atoms with van der Waals surface area (Å²) in [6.45, 7) is 2.97. The number of piperidine rings is 1. The molecule has 0 aliphatic carbocycles. The Labute approximate surface area is 178 Å². The fraction of sp³-hybridized carbons (Fsp3) is 0.417. The van der Waals surface area contributed by atoms with Crippen LogP contribution in [0.25, 0.3) is 0 Å². The summed E-state index contributed by atoms with van der Waals surface area (Å²) in [5.74, 6) is 0.478. The minimum absolute atomic E-state index is 0.0644. The molecule has 0 atom stereocenters. The number of ether oxygens (including phenoxy) is 1. The largest absolute Gasteiger partial charge is 0.444 e. The van der Waals surface area contributed by atoms with Crippen molar-refractivity contribution in [3.05, 3.63) is 66.2 Å². The smallest absolute Gasteiger partial charge is 0.415 e. The molecule has 0 aromatic heterocycles. The van der Waals surface area contributed by atoms with Crippen molar-refractivity contribution in [3.63, 3.8) is 0 Å². The lowest BCUT2D eigenvalue weighted by Gasteiger charge is -2.29. The highest BCUT2D eigenvalue weighted by Gasteiger charge is 2.21. The van der Waals surface area contributed by atoms with Crippen LogP contribution in [0.15, 0.2) is 60.7 Å². The summed E-state index contributed by atoms with van der Waals surface area (Å²) in [4.78, 5) is 29.0. The second kappa shape index (κ2) is 11.4. The predicted octanol–water partition coefficient (Wildman–Crippen LogP) is 3.68. The molecular formula is C24H31N3O3. The number of carbonyl (C=O) groups excluding carboxylic acids is 2. The molecule has 1 N–H and O–H groups in total. The van der Waals surface area contributed by atoms with E-state index in [0.29, 0.717) is 18.2 Å². The van der Waals surface area contributed by atoms with Crippen molar-refractivity contribution in [2.45, 2.75) is 25.9 Å². The van der Waals surface area contributed by atoms with E-state index in [0.717, 1.165) is 25.1 Å². The van der Waals surface area contributed by atoms with Crippen molar-refractivity contribution >= 4 is 17.7 Å². The minimum atomic E-state index is -0.532. The van der Waals surface area contributed by atoms with E-state index in [1.165, 1.54) is 17.7 Å². The van der Waals surface area contributed by atoms with Crippen LogP contribution in [-0.2, 0) is 16.1 Å². The molecule has 0 saturated carbocycles. The highest BCUT2D eigenvalue weighted by atomic mass is 16.6. The quantitative estimate of drug-likeness (QED) is 0.723. The number of nitrogens with zero attached hydrogens (tertiary/aromatic N) is 2. The summed E-state index contributed by atoms with van der Waals surface area (Å²) in [5.41, 5.74) is 1.54. The average Bonchev–Trinajstić information content (AvgIpc) is 2.78. The molecule has 3 rings (SSSR count). The number of rotatable bonds is 8. The highest BCUT2D eigenvalue weighted by molar-refractivity contribution is 5.94. The Morgan fingerprint density at radius 3 is 2.33 bits per heavy atom. The number of nitrogens with one attached hydrogen (secondary N) is 1. The Morgan fingerprint density at radius 1 is 1.03 bits per heavy atom. The van der Waals surface area contributed by atoms with Gasteiger partial charge in [-0.05, 0) is 63.0 Å². The zero-order chi connectivity index (χ0) is 21.2. The Kier molecular flexibility index (Phi) is 8.27. The van der Waals surface area contributed by atoms with Gasteiger partial charge in [0, 0.05) is 12.2 Å². The number of para-hydroxylation sites is 1. The van der Waals surface area contributed by atoms with Crippen molar-refractivity contribution in [1.82, 2.24) is 10.2 Å². The summed E-state index contributed by atoms with van der Waals surface area (Å²) < 4.78 is 5.46. The summed E-state index contributed by atoms with van der Waals surface area (Å²) in [5, 5.41) is 2.97. The van der Waals surface area contributed by atoms with Crippen LogP contribution in [0.3, 0.4) is 0 Å². The molecule has 6 heteroatoms. The SMILES string of the molecule is CN1CCC(CCNC(=O)CN(C(=O)OCc2ccccc2)c2ccccc2)CC1. The predicted molar refractivity (Wildman–Crippen MR) is 118 cm³/mol. The molecular weight excluding hydrogens is 378 g/mol. The first-order chi connectivity index (χ1) is 14.6. The molecule has 1 aliphatic heterocycles. The van der Waals surface area contributed by atoms with Crippen LogP contribution in [-0.4, -0.2) is 50.1 Å². The minimum Gasteiger partial charge on any atom is -0.444 e. The zero-order valence-corrected chi connectivity index (χ0v) is 17.6. The van der Waals surface area contributed by atoms with E-state index in [9.17, 15) is 9.59 Å². The number of likely N-dealkylation sites (tertiary alicyclic amines) is 1. The van der Waals surface area contributed by atoms with Crippen LogP contribution < -0.4 is 10.2 Å². The first kappa shape index (κ1) is 21.8. The van der Waals surface area contributed by atoms with Gasteiger partial charge < -0.3 is 15.0 Å². The Hall–Kier alpha value is -2.86. The van der Waals surface area contributed by atoms with E-state index in [4.69, 9.17) is 4.74 Å². The van der Waals surface area contributed by atoms with Gasteiger partial charge in [0.2, 0.25) is 5.91 Å². The van der Waals surface area contributed by atoms with Crippen molar-refractivity contribution in [3.8, 4) is 0 Å². The molecule has 30 heavy (non-hydrogen) atoms. The van der Waals surface area contributed by atoms with E-state index in [-0.39, 0.29) is 19.1 Å². The number of hydrogen-bond acceptors (Lipinski definition) is 4. The highest BCUT2D eigenvalue weighted by Crippen LogP contribution is 2.19. The lowest BCUT2D eigenvalue weighted by molar-refractivity contribution is -0.119. The van der Waals surface area contributed by atoms with Crippen LogP contribution in [0.2, 0.25) is 0 Å². The van der Waals surface area contributed by atoms with Crippen LogP contribution in [0.4, 0.5) is 10.5 Å². The zero-order valence-electron chi connectivity index (χ0n) is 17.6. The van der Waals surface area contributed by atoms with Crippen molar-refractivity contribution in [2.24, 2.45) is 5.92 Å². The molecule has 0 bridgehead atoms. The molecule has 2 amide bonds. The third-order valence-corrected chi connectivity index (χ3v) is 5.51. The number of benzene rings is 2. The fourth-order valence-electron chi connectivity index (χ4n) is 3.63. The van der Waals surface area contributed by atoms with Gasteiger partial charge >= 0.3 is 6.09 Å². The Morgan fingerprint density at radius 2 is 1.67 bits per heavy atom. The molecule has 1 fully saturated rings. The third kappa shape index (κ3) is 6.88. The van der Waals surface area contributed by atoms with Crippen molar-refractivity contribution < 1.29 is 14.3 Å². The maximum atomic E-state index is 12.7. The number of carbonyl (C=O) groups is 2. The average molecular weight is 410 g/mol. The van der Waals surface area contributed by atoms with Crippen LogP contribution >= 0.6 is 0 Å². The van der Waals surface area contributed by atoms with E-state index in [2.05, 4.69) is 17.3 Å². The second-order valence-electron chi connectivity index (χ2n) is 7.85. The second-order valence-corrected chi connectivity index (χ2v) is 7.85. The first-order valence-electron chi connectivity index (χ1n) is 10.6. The molecule has 1 heterocycles. The Balaban J connectivity index is 1.52. The monoisotopic (exact) mass is 409 g/mol. The molecule has 0 unspecified atom stereocenters. The molecule has 0 radical (unpaired) electrons. The lowest BCUT2D eigenvalue weighted by Crippen LogP contribution is -2.42. The van der Waals surface area contributed by atoms with E-state index >= 15 is 0 Å². The molecule has 2 aromatic rings. The van der Waals surface area contributed by atoms with Gasteiger partial charge in [-0.25, -0.2) is 4.79 Å². The summed E-state index contributed by atoms with van der Waals surface area (Å²) in [6.07, 6.45) is 2.79. The normalized spacial score (nSPS) is 14.8. The van der Waals surface area contributed by atoms with Gasteiger partial charge in [-0.2, -0.15) is 0 Å². The topological polar surface area (TPSA) is 61.9 Å². The molecule has 1 saturated heterocycles. The number of anilines is 1. The van der Waals surface area contributed by atoms with Gasteiger partial charge in [0.05, 0.1) is 0 Å². The maximum Gasteiger partial charge on any atom is 0.415 e. The van der Waals surface area contributed by atoms with E-state index in [1.54, 1.807) is 12.1 Å². The van der Waals surface area contributed by atoms with Crippen molar-refractivity contribution in [1.29, 1.82) is 0 Å².